The van der Waals surface area contributed by atoms with E-state index in [4.69, 9.17) is 5.73 Å². The number of carbonyl (C=O) groups excluding carboxylic acids is 1. The van der Waals surface area contributed by atoms with Crippen LogP contribution in [0, 0.1) is 5.92 Å². The molecular weight excluding hydrogens is 383 g/mol. The van der Waals surface area contributed by atoms with E-state index in [1.54, 1.807) is 12.1 Å². The molecule has 0 saturated carbocycles. The third-order valence-electron chi connectivity index (χ3n) is 4.87. The number of pyridine rings is 1. The first-order chi connectivity index (χ1) is 12.2. The van der Waals surface area contributed by atoms with Crippen molar-refractivity contribution in [2.45, 2.75) is 19.8 Å². The van der Waals surface area contributed by atoms with E-state index in [2.05, 4.69) is 16.0 Å². The van der Waals surface area contributed by atoms with Crippen LogP contribution in [0.15, 0.2) is 48.7 Å². The van der Waals surface area contributed by atoms with E-state index >= 15 is 0 Å². The summed E-state index contributed by atoms with van der Waals surface area (Å²) in [5.41, 5.74) is 7.11. The molecule has 0 unspecified atom stereocenters. The molecule has 1 aliphatic rings. The van der Waals surface area contributed by atoms with Gasteiger partial charge in [0.05, 0.1) is 0 Å². The minimum Gasteiger partial charge on any atom is -0.399 e. The molecule has 2 aromatic rings. The normalized spacial score (nSPS) is 14.0. The molecule has 0 aliphatic carbocycles. The zero-order valence-electron chi connectivity index (χ0n) is 15.6. The number of benzene rings is 1. The maximum absolute atomic E-state index is 12.7. The second kappa shape index (κ2) is 11.0. The number of halogens is 2. The predicted octanol–water partition coefficient (Wildman–Crippen LogP) is 3.89. The second-order valence-corrected chi connectivity index (χ2v) is 6.59. The van der Waals surface area contributed by atoms with Crippen molar-refractivity contribution in [1.82, 2.24) is 9.88 Å². The highest BCUT2D eigenvalue weighted by molar-refractivity contribution is 5.95. The third kappa shape index (κ3) is 6.01. The lowest BCUT2D eigenvalue weighted by Crippen LogP contribution is -2.41. The molecule has 7 heteroatoms. The van der Waals surface area contributed by atoms with Crippen LogP contribution in [0.25, 0.3) is 0 Å². The highest BCUT2D eigenvalue weighted by Gasteiger charge is 2.24. The van der Waals surface area contributed by atoms with Crippen molar-refractivity contribution in [3.05, 3.63) is 54.2 Å². The monoisotopic (exact) mass is 410 g/mol. The molecule has 3 rings (SSSR count). The van der Waals surface area contributed by atoms with Crippen LogP contribution >= 0.6 is 24.8 Å². The highest BCUT2D eigenvalue weighted by Crippen LogP contribution is 2.23. The Morgan fingerprint density at radius 1 is 1.19 bits per heavy atom. The Morgan fingerprint density at radius 3 is 2.52 bits per heavy atom. The Bertz CT molecular complexity index is 706. The molecule has 0 spiro atoms. The van der Waals surface area contributed by atoms with E-state index in [0.29, 0.717) is 23.7 Å². The van der Waals surface area contributed by atoms with Gasteiger partial charge in [0.15, 0.2) is 0 Å². The average molecular weight is 411 g/mol. The van der Waals surface area contributed by atoms with Crippen molar-refractivity contribution in [3.8, 4) is 0 Å². The minimum absolute atomic E-state index is 0. The standard InChI is InChI=1S/C20H26N4O.2ClH/c1-2-23(20(25)17-6-5-7-18(21)14-17)15-16-9-12-24(13-10-16)19-8-3-4-11-22-19;;/h3-8,11,14,16H,2,9-10,12-13,15,21H2,1H3;2*1H. The molecule has 2 N–H and O–H groups in total. The van der Waals surface area contributed by atoms with Crippen molar-refractivity contribution in [1.29, 1.82) is 0 Å². The summed E-state index contributed by atoms with van der Waals surface area (Å²) in [6, 6.07) is 13.3. The number of hydrogen-bond donors (Lipinski definition) is 1. The number of rotatable bonds is 5. The lowest BCUT2D eigenvalue weighted by Gasteiger charge is -2.35. The van der Waals surface area contributed by atoms with Crippen LogP contribution in [-0.4, -0.2) is 42.0 Å². The van der Waals surface area contributed by atoms with Crippen molar-refractivity contribution in [2.24, 2.45) is 5.92 Å². The zero-order chi connectivity index (χ0) is 17.6. The van der Waals surface area contributed by atoms with Gasteiger partial charge in [0.2, 0.25) is 0 Å². The highest BCUT2D eigenvalue weighted by atomic mass is 35.5. The Balaban J connectivity index is 0.00000182. The number of carbonyl (C=O) groups is 1. The minimum atomic E-state index is 0. The van der Waals surface area contributed by atoms with Gasteiger partial charge in [0.1, 0.15) is 5.82 Å². The molecule has 0 radical (unpaired) electrons. The topological polar surface area (TPSA) is 62.5 Å². The fraction of sp³-hybridized carbons (Fsp3) is 0.400. The van der Waals surface area contributed by atoms with E-state index in [1.807, 2.05) is 42.3 Å². The summed E-state index contributed by atoms with van der Waals surface area (Å²) in [7, 11) is 0. The molecule has 1 aliphatic heterocycles. The lowest BCUT2D eigenvalue weighted by molar-refractivity contribution is 0.0729. The number of hydrogen-bond acceptors (Lipinski definition) is 4. The van der Waals surface area contributed by atoms with E-state index in [-0.39, 0.29) is 30.7 Å². The maximum Gasteiger partial charge on any atom is 0.253 e. The van der Waals surface area contributed by atoms with Crippen LogP contribution in [0.5, 0.6) is 0 Å². The van der Waals surface area contributed by atoms with Crippen molar-refractivity contribution in [3.63, 3.8) is 0 Å². The van der Waals surface area contributed by atoms with E-state index < -0.39 is 0 Å². The first kappa shape index (κ1) is 23.1. The number of nitrogen functional groups attached to an aromatic ring is 1. The third-order valence-corrected chi connectivity index (χ3v) is 4.87. The van der Waals surface area contributed by atoms with Crippen molar-refractivity contribution >= 4 is 42.2 Å². The number of nitrogens with zero attached hydrogens (tertiary/aromatic N) is 3. The largest absolute Gasteiger partial charge is 0.399 e. The van der Waals surface area contributed by atoms with Crippen molar-refractivity contribution in [2.75, 3.05) is 36.8 Å². The van der Waals surface area contributed by atoms with Gasteiger partial charge in [-0.25, -0.2) is 4.98 Å². The summed E-state index contributed by atoms with van der Waals surface area (Å²) in [4.78, 5) is 21.4. The van der Waals surface area contributed by atoms with Crippen molar-refractivity contribution < 1.29 is 4.79 Å². The Hall–Kier alpha value is -1.98. The van der Waals surface area contributed by atoms with Gasteiger partial charge in [-0.2, -0.15) is 0 Å². The number of nitrogens with two attached hydrogens (primary N) is 1. The lowest BCUT2D eigenvalue weighted by atomic mass is 9.95. The SMILES string of the molecule is CCN(CC1CCN(c2ccccn2)CC1)C(=O)c1cccc(N)c1.Cl.Cl. The average Bonchev–Trinajstić information content (AvgIpc) is 2.67. The summed E-state index contributed by atoms with van der Waals surface area (Å²) >= 11 is 0. The number of aromatic nitrogens is 1. The first-order valence-corrected chi connectivity index (χ1v) is 8.98. The fourth-order valence-electron chi connectivity index (χ4n) is 3.41. The molecule has 0 atom stereocenters. The molecule has 1 aromatic heterocycles. The second-order valence-electron chi connectivity index (χ2n) is 6.59. The quantitative estimate of drug-likeness (QED) is 0.759. The number of piperidine rings is 1. The van der Waals surface area contributed by atoms with Crippen LogP contribution in [0.1, 0.15) is 30.1 Å². The summed E-state index contributed by atoms with van der Waals surface area (Å²) < 4.78 is 0. The number of amides is 1. The van der Waals surface area contributed by atoms with Gasteiger partial charge in [-0.05, 0) is 56.0 Å². The molecule has 2 heterocycles. The van der Waals surface area contributed by atoms with E-state index in [1.165, 1.54) is 0 Å². The molecule has 1 fully saturated rings. The van der Waals surface area contributed by atoms with Crippen LogP contribution in [0.4, 0.5) is 11.5 Å². The van der Waals surface area contributed by atoms with Crippen LogP contribution in [0.3, 0.4) is 0 Å². The summed E-state index contributed by atoms with van der Waals surface area (Å²) in [5, 5.41) is 0. The molecule has 1 aromatic carbocycles. The van der Waals surface area contributed by atoms with Crippen LogP contribution in [0.2, 0.25) is 0 Å². The summed E-state index contributed by atoms with van der Waals surface area (Å²) in [6.07, 6.45) is 4.00. The van der Waals surface area contributed by atoms with Gasteiger partial charge in [-0.3, -0.25) is 4.79 Å². The number of anilines is 2. The van der Waals surface area contributed by atoms with Gasteiger partial charge in [-0.15, -0.1) is 24.8 Å². The van der Waals surface area contributed by atoms with Gasteiger partial charge < -0.3 is 15.5 Å². The summed E-state index contributed by atoms with van der Waals surface area (Å²) in [6.45, 7) is 5.54. The molecule has 1 saturated heterocycles. The van der Waals surface area contributed by atoms with Gasteiger partial charge in [-0.1, -0.05) is 12.1 Å². The molecule has 0 bridgehead atoms. The Morgan fingerprint density at radius 2 is 1.93 bits per heavy atom. The molecule has 27 heavy (non-hydrogen) atoms. The van der Waals surface area contributed by atoms with Gasteiger partial charge in [0.25, 0.3) is 5.91 Å². The zero-order valence-corrected chi connectivity index (χ0v) is 17.2. The van der Waals surface area contributed by atoms with Crippen LogP contribution in [-0.2, 0) is 0 Å². The first-order valence-electron chi connectivity index (χ1n) is 8.98. The Labute approximate surface area is 173 Å². The van der Waals surface area contributed by atoms with Gasteiger partial charge >= 0.3 is 0 Å². The van der Waals surface area contributed by atoms with E-state index in [9.17, 15) is 4.79 Å². The molecular formula is C20H28Cl2N4O. The molecule has 148 valence electrons. The smallest absolute Gasteiger partial charge is 0.253 e. The summed E-state index contributed by atoms with van der Waals surface area (Å²) in [5.74, 6) is 1.65. The molecule has 1 amide bonds. The fourth-order valence-corrected chi connectivity index (χ4v) is 3.41. The maximum atomic E-state index is 12.7. The van der Waals surface area contributed by atoms with E-state index in [0.717, 1.165) is 38.3 Å². The Kier molecular flexibility index (Phi) is 9.39. The molecule has 5 nitrogen and oxygen atoms in total. The van der Waals surface area contributed by atoms with Gasteiger partial charge in [0, 0.05) is 43.6 Å². The van der Waals surface area contributed by atoms with Crippen LogP contribution < -0.4 is 10.6 Å². The predicted molar refractivity (Wildman–Crippen MR) is 116 cm³/mol.